The van der Waals surface area contributed by atoms with Crippen molar-refractivity contribution in [3.63, 3.8) is 0 Å². The third-order valence-corrected chi connectivity index (χ3v) is 6.89. The minimum atomic E-state index is -0.0646. The number of ether oxygens (including phenoxy) is 1. The standard InChI is InChI=1S/C19H25N3O2S/c1-3-24-16-12-15(19(16)10-6-7-11-19)22(2)18(23)21-17-20-13-8-4-5-9-14(13)25-17/h4-5,8-9,15-16H,3,6-7,10-12H2,1-2H3,(H,20,21,23)/t15-,16-/m0/s1. The number of aromatic nitrogens is 1. The molecular weight excluding hydrogens is 334 g/mol. The smallest absolute Gasteiger partial charge is 0.323 e. The van der Waals surface area contributed by atoms with Gasteiger partial charge in [0, 0.05) is 25.1 Å². The molecule has 6 heteroatoms. The van der Waals surface area contributed by atoms with Crippen LogP contribution in [0.4, 0.5) is 9.93 Å². The highest BCUT2D eigenvalue weighted by Crippen LogP contribution is 2.56. The maximum atomic E-state index is 12.8. The molecule has 1 N–H and O–H groups in total. The van der Waals surface area contributed by atoms with E-state index in [9.17, 15) is 4.79 Å². The number of carbonyl (C=O) groups excluding carboxylic acids is 1. The lowest BCUT2D eigenvalue weighted by atomic mass is 9.60. The Morgan fingerprint density at radius 3 is 2.88 bits per heavy atom. The third-order valence-electron chi connectivity index (χ3n) is 5.94. The predicted molar refractivity (Wildman–Crippen MR) is 101 cm³/mol. The van der Waals surface area contributed by atoms with Crippen molar-refractivity contribution in [2.24, 2.45) is 5.41 Å². The van der Waals surface area contributed by atoms with E-state index in [4.69, 9.17) is 4.74 Å². The average molecular weight is 359 g/mol. The Balaban J connectivity index is 1.46. The summed E-state index contributed by atoms with van der Waals surface area (Å²) in [6.45, 7) is 2.81. The fourth-order valence-electron chi connectivity index (χ4n) is 4.64. The number of hydrogen-bond donors (Lipinski definition) is 1. The van der Waals surface area contributed by atoms with Gasteiger partial charge in [0.15, 0.2) is 5.13 Å². The van der Waals surface area contributed by atoms with Crippen LogP contribution in [0.5, 0.6) is 0 Å². The summed E-state index contributed by atoms with van der Waals surface area (Å²) in [7, 11) is 1.91. The summed E-state index contributed by atoms with van der Waals surface area (Å²) >= 11 is 1.52. The van der Waals surface area contributed by atoms with Crippen molar-refractivity contribution >= 4 is 32.7 Å². The lowest BCUT2D eigenvalue weighted by Crippen LogP contribution is -2.64. The molecule has 2 atom stereocenters. The minimum absolute atomic E-state index is 0.0646. The first-order chi connectivity index (χ1) is 12.1. The van der Waals surface area contributed by atoms with E-state index in [0.717, 1.165) is 23.2 Å². The summed E-state index contributed by atoms with van der Waals surface area (Å²) in [4.78, 5) is 19.2. The molecule has 25 heavy (non-hydrogen) atoms. The maximum Gasteiger partial charge on any atom is 0.323 e. The highest BCUT2D eigenvalue weighted by atomic mass is 32.1. The van der Waals surface area contributed by atoms with E-state index < -0.39 is 0 Å². The van der Waals surface area contributed by atoms with Gasteiger partial charge in [0.1, 0.15) is 0 Å². The molecule has 2 fully saturated rings. The van der Waals surface area contributed by atoms with Gasteiger partial charge in [0.25, 0.3) is 0 Å². The molecule has 2 aliphatic rings. The van der Waals surface area contributed by atoms with Crippen molar-refractivity contribution in [1.82, 2.24) is 9.88 Å². The van der Waals surface area contributed by atoms with Gasteiger partial charge in [-0.15, -0.1) is 0 Å². The highest BCUT2D eigenvalue weighted by molar-refractivity contribution is 7.22. The number of nitrogens with one attached hydrogen (secondary N) is 1. The molecule has 0 radical (unpaired) electrons. The van der Waals surface area contributed by atoms with Gasteiger partial charge in [-0.25, -0.2) is 9.78 Å². The van der Waals surface area contributed by atoms with Gasteiger partial charge in [-0.2, -0.15) is 0 Å². The van der Waals surface area contributed by atoms with E-state index in [-0.39, 0.29) is 17.5 Å². The van der Waals surface area contributed by atoms with Crippen LogP contribution in [0.25, 0.3) is 10.2 Å². The third kappa shape index (κ3) is 2.81. The first kappa shape index (κ1) is 16.8. The average Bonchev–Trinajstić information content (AvgIpc) is 3.25. The first-order valence-corrected chi connectivity index (χ1v) is 9.96. The quantitative estimate of drug-likeness (QED) is 0.874. The van der Waals surface area contributed by atoms with E-state index in [1.807, 2.05) is 36.2 Å². The van der Waals surface area contributed by atoms with Crippen molar-refractivity contribution in [3.8, 4) is 0 Å². The number of hydrogen-bond acceptors (Lipinski definition) is 4. The molecule has 1 spiro atoms. The second kappa shape index (κ2) is 6.57. The number of nitrogens with zero attached hydrogens (tertiary/aromatic N) is 2. The molecule has 0 saturated heterocycles. The molecular formula is C19H25N3O2S. The number of fused-ring (bicyclic) bond motifs is 1. The molecule has 2 saturated carbocycles. The zero-order valence-electron chi connectivity index (χ0n) is 14.8. The molecule has 1 aromatic heterocycles. The first-order valence-electron chi connectivity index (χ1n) is 9.15. The predicted octanol–water partition coefficient (Wildman–Crippen LogP) is 4.50. The Morgan fingerprint density at radius 2 is 2.16 bits per heavy atom. The normalized spacial score (nSPS) is 24.4. The van der Waals surface area contributed by atoms with Crippen LogP contribution < -0.4 is 5.32 Å². The van der Waals surface area contributed by atoms with E-state index in [1.54, 1.807) is 0 Å². The maximum absolute atomic E-state index is 12.8. The zero-order valence-corrected chi connectivity index (χ0v) is 15.6. The molecule has 0 aliphatic heterocycles. The fourth-order valence-corrected chi connectivity index (χ4v) is 5.50. The number of rotatable bonds is 4. The van der Waals surface area contributed by atoms with Crippen LogP contribution in [-0.4, -0.2) is 41.7 Å². The van der Waals surface area contributed by atoms with Crippen molar-refractivity contribution in [3.05, 3.63) is 24.3 Å². The van der Waals surface area contributed by atoms with Crippen molar-refractivity contribution in [1.29, 1.82) is 0 Å². The zero-order chi connectivity index (χ0) is 17.4. The van der Waals surface area contributed by atoms with Gasteiger partial charge in [-0.05, 0) is 38.3 Å². The Kier molecular flexibility index (Phi) is 4.41. The van der Waals surface area contributed by atoms with Crippen LogP contribution in [0.1, 0.15) is 39.0 Å². The number of urea groups is 1. The van der Waals surface area contributed by atoms with Crippen LogP contribution in [-0.2, 0) is 4.74 Å². The van der Waals surface area contributed by atoms with E-state index >= 15 is 0 Å². The number of benzene rings is 1. The number of thiazole rings is 1. The highest BCUT2D eigenvalue weighted by Gasteiger charge is 2.58. The number of para-hydroxylation sites is 1. The Labute approximate surface area is 152 Å². The van der Waals surface area contributed by atoms with Gasteiger partial charge in [-0.1, -0.05) is 36.3 Å². The monoisotopic (exact) mass is 359 g/mol. The molecule has 0 bridgehead atoms. The molecule has 2 aliphatic carbocycles. The summed E-state index contributed by atoms with van der Waals surface area (Å²) < 4.78 is 7.06. The molecule has 134 valence electrons. The van der Waals surface area contributed by atoms with Crippen LogP contribution in [0.2, 0.25) is 0 Å². The Bertz CT molecular complexity index is 736. The molecule has 0 unspecified atom stereocenters. The second-order valence-corrected chi connectivity index (χ2v) is 8.19. The molecule has 2 aromatic rings. The van der Waals surface area contributed by atoms with Gasteiger partial charge < -0.3 is 9.64 Å². The number of anilines is 1. The van der Waals surface area contributed by atoms with Gasteiger partial charge in [-0.3, -0.25) is 5.32 Å². The summed E-state index contributed by atoms with van der Waals surface area (Å²) in [5, 5.41) is 3.65. The number of amides is 2. The largest absolute Gasteiger partial charge is 0.378 e. The fraction of sp³-hybridized carbons (Fsp3) is 0.579. The second-order valence-electron chi connectivity index (χ2n) is 7.16. The summed E-state index contributed by atoms with van der Waals surface area (Å²) in [6.07, 6.45) is 6.07. The van der Waals surface area contributed by atoms with E-state index in [0.29, 0.717) is 11.2 Å². The topological polar surface area (TPSA) is 54.5 Å². The molecule has 1 aromatic carbocycles. The van der Waals surface area contributed by atoms with Gasteiger partial charge in [0.05, 0.1) is 16.3 Å². The van der Waals surface area contributed by atoms with Crippen LogP contribution in [0, 0.1) is 5.41 Å². The van der Waals surface area contributed by atoms with Crippen LogP contribution >= 0.6 is 11.3 Å². The van der Waals surface area contributed by atoms with Crippen molar-refractivity contribution in [2.45, 2.75) is 51.2 Å². The lowest BCUT2D eigenvalue weighted by molar-refractivity contribution is -0.150. The Hall–Kier alpha value is -1.66. The van der Waals surface area contributed by atoms with E-state index in [2.05, 4.69) is 17.2 Å². The minimum Gasteiger partial charge on any atom is -0.378 e. The van der Waals surface area contributed by atoms with Crippen LogP contribution in [0.3, 0.4) is 0 Å². The molecule has 4 rings (SSSR count). The Morgan fingerprint density at radius 1 is 1.40 bits per heavy atom. The van der Waals surface area contributed by atoms with Crippen LogP contribution in [0.15, 0.2) is 24.3 Å². The summed E-state index contributed by atoms with van der Waals surface area (Å²) in [5.41, 5.74) is 1.09. The molecule has 1 heterocycles. The summed E-state index contributed by atoms with van der Waals surface area (Å²) in [6, 6.07) is 8.15. The van der Waals surface area contributed by atoms with Crippen molar-refractivity contribution < 1.29 is 9.53 Å². The SMILES string of the molecule is CCO[C@H]1C[C@H](N(C)C(=O)Nc2nc3ccccc3s2)C12CCCC2. The molecule has 5 nitrogen and oxygen atoms in total. The van der Waals surface area contributed by atoms with E-state index in [1.165, 1.54) is 37.0 Å². The van der Waals surface area contributed by atoms with Gasteiger partial charge >= 0.3 is 6.03 Å². The lowest BCUT2D eigenvalue weighted by Gasteiger charge is -2.56. The molecule has 2 amide bonds. The number of carbonyl (C=O) groups is 1. The van der Waals surface area contributed by atoms with Crippen molar-refractivity contribution in [2.75, 3.05) is 19.0 Å². The summed E-state index contributed by atoms with van der Waals surface area (Å²) in [5.74, 6) is 0. The van der Waals surface area contributed by atoms with Gasteiger partial charge in [0.2, 0.25) is 0 Å².